The van der Waals surface area contributed by atoms with Gasteiger partial charge >= 0.3 is 0 Å². The van der Waals surface area contributed by atoms with Gasteiger partial charge < -0.3 is 19.8 Å². The van der Waals surface area contributed by atoms with Crippen LogP contribution >= 0.6 is 0 Å². The van der Waals surface area contributed by atoms with Crippen molar-refractivity contribution in [1.29, 1.82) is 0 Å². The molecule has 0 unspecified atom stereocenters. The summed E-state index contributed by atoms with van der Waals surface area (Å²) >= 11 is 0. The number of aromatic amines is 1. The molecule has 1 saturated heterocycles. The Morgan fingerprint density at radius 2 is 2.11 bits per heavy atom. The van der Waals surface area contributed by atoms with E-state index in [9.17, 15) is 9.18 Å². The van der Waals surface area contributed by atoms with E-state index < -0.39 is 12.3 Å². The molecule has 2 aromatic heterocycles. The van der Waals surface area contributed by atoms with Crippen molar-refractivity contribution in [2.24, 2.45) is 0 Å². The maximum atomic E-state index is 14.1. The van der Waals surface area contributed by atoms with Crippen LogP contribution in [0.2, 0.25) is 0 Å². The molecule has 0 amide bonds. The van der Waals surface area contributed by atoms with Gasteiger partial charge in [0.2, 0.25) is 0 Å². The number of ether oxygens (including phenoxy) is 2. The highest BCUT2D eigenvalue weighted by Gasteiger charge is 2.27. The fourth-order valence-corrected chi connectivity index (χ4v) is 3.37. The summed E-state index contributed by atoms with van der Waals surface area (Å²) in [5, 5.41) is 4.33. The number of methoxy groups -OCH3 is 1. The first-order chi connectivity index (χ1) is 13.2. The molecule has 0 spiro atoms. The van der Waals surface area contributed by atoms with Crippen LogP contribution in [0.4, 0.5) is 4.39 Å². The fourth-order valence-electron chi connectivity index (χ4n) is 3.37. The summed E-state index contributed by atoms with van der Waals surface area (Å²) < 4.78 is 25.4. The molecule has 0 radical (unpaired) electrons. The number of benzene rings is 1. The molecule has 0 saturated carbocycles. The van der Waals surface area contributed by atoms with E-state index in [0.717, 1.165) is 23.1 Å². The van der Waals surface area contributed by atoms with Crippen molar-refractivity contribution < 1.29 is 13.9 Å². The van der Waals surface area contributed by atoms with Gasteiger partial charge in [-0.05, 0) is 42.1 Å². The number of nitrogens with one attached hydrogen (secondary N) is 2. The SMILES string of the molecule is COc1cc(-c2c[nH]c(=O)c3cnccc23)ccc1O[C@H]1CCNC[C@@H]1F. The monoisotopic (exact) mass is 369 g/mol. The van der Waals surface area contributed by atoms with Crippen molar-refractivity contribution in [3.8, 4) is 22.6 Å². The van der Waals surface area contributed by atoms with Gasteiger partial charge in [-0.3, -0.25) is 9.78 Å². The van der Waals surface area contributed by atoms with Crippen LogP contribution in [-0.4, -0.2) is 42.4 Å². The zero-order valence-electron chi connectivity index (χ0n) is 14.9. The van der Waals surface area contributed by atoms with E-state index in [-0.39, 0.29) is 5.56 Å². The largest absolute Gasteiger partial charge is 0.493 e. The minimum absolute atomic E-state index is 0.186. The van der Waals surface area contributed by atoms with Crippen LogP contribution in [0.25, 0.3) is 21.9 Å². The summed E-state index contributed by atoms with van der Waals surface area (Å²) in [5.41, 5.74) is 1.52. The van der Waals surface area contributed by atoms with Gasteiger partial charge in [0.1, 0.15) is 12.3 Å². The molecule has 0 bridgehead atoms. The Bertz CT molecular complexity index is 1020. The smallest absolute Gasteiger partial charge is 0.257 e. The van der Waals surface area contributed by atoms with Gasteiger partial charge in [-0.25, -0.2) is 4.39 Å². The van der Waals surface area contributed by atoms with Crippen molar-refractivity contribution in [2.75, 3.05) is 20.2 Å². The molecular weight excluding hydrogens is 349 g/mol. The van der Waals surface area contributed by atoms with Gasteiger partial charge in [-0.1, -0.05) is 6.07 Å². The summed E-state index contributed by atoms with van der Waals surface area (Å²) in [5.74, 6) is 1.03. The van der Waals surface area contributed by atoms with Crippen LogP contribution in [0.1, 0.15) is 6.42 Å². The van der Waals surface area contributed by atoms with E-state index in [4.69, 9.17) is 9.47 Å². The van der Waals surface area contributed by atoms with Crippen LogP contribution in [-0.2, 0) is 0 Å². The second kappa shape index (κ2) is 7.36. The number of H-pyrrole nitrogens is 1. The highest BCUT2D eigenvalue weighted by atomic mass is 19.1. The number of fused-ring (bicyclic) bond motifs is 1. The van der Waals surface area contributed by atoms with Crippen LogP contribution in [0, 0.1) is 0 Å². The molecule has 27 heavy (non-hydrogen) atoms. The maximum absolute atomic E-state index is 14.1. The Morgan fingerprint density at radius 3 is 2.93 bits per heavy atom. The topological polar surface area (TPSA) is 76.2 Å². The lowest BCUT2D eigenvalue weighted by Gasteiger charge is -2.28. The molecule has 2 atom stereocenters. The third-order valence-corrected chi connectivity index (χ3v) is 4.80. The van der Waals surface area contributed by atoms with Crippen LogP contribution in [0.5, 0.6) is 11.5 Å². The number of nitrogens with zero attached hydrogens (tertiary/aromatic N) is 1. The van der Waals surface area contributed by atoms with Crippen LogP contribution in [0.15, 0.2) is 47.7 Å². The van der Waals surface area contributed by atoms with Gasteiger partial charge in [0.15, 0.2) is 11.5 Å². The number of halogens is 1. The van der Waals surface area contributed by atoms with Crippen LogP contribution < -0.4 is 20.3 Å². The molecule has 2 N–H and O–H groups in total. The molecule has 1 aliphatic heterocycles. The number of piperidine rings is 1. The zero-order chi connectivity index (χ0) is 18.8. The molecule has 1 fully saturated rings. The molecule has 7 heteroatoms. The van der Waals surface area contributed by atoms with E-state index >= 15 is 0 Å². The van der Waals surface area contributed by atoms with Gasteiger partial charge in [-0.2, -0.15) is 0 Å². The maximum Gasteiger partial charge on any atom is 0.257 e. The summed E-state index contributed by atoms with van der Waals surface area (Å²) in [6, 6.07) is 7.29. The second-order valence-corrected chi connectivity index (χ2v) is 6.48. The highest BCUT2D eigenvalue weighted by molar-refractivity contribution is 5.95. The lowest BCUT2D eigenvalue weighted by Crippen LogP contribution is -2.44. The molecular formula is C20H20FN3O3. The van der Waals surface area contributed by atoms with Crippen LogP contribution in [0.3, 0.4) is 0 Å². The second-order valence-electron chi connectivity index (χ2n) is 6.48. The fraction of sp³-hybridized carbons (Fsp3) is 0.300. The Hall–Kier alpha value is -2.93. The molecule has 3 heterocycles. The quantitative estimate of drug-likeness (QED) is 0.740. The van der Waals surface area contributed by atoms with Gasteiger partial charge in [0.05, 0.1) is 12.5 Å². The first-order valence-electron chi connectivity index (χ1n) is 8.82. The van der Waals surface area contributed by atoms with Gasteiger partial charge in [0.25, 0.3) is 5.56 Å². The number of alkyl halides is 1. The number of hydrogen-bond donors (Lipinski definition) is 2. The molecule has 140 valence electrons. The minimum Gasteiger partial charge on any atom is -0.493 e. The lowest BCUT2D eigenvalue weighted by atomic mass is 10.0. The Balaban J connectivity index is 1.72. The molecule has 3 aromatic rings. The molecule has 1 aromatic carbocycles. The molecule has 6 nitrogen and oxygen atoms in total. The predicted molar refractivity (Wildman–Crippen MR) is 101 cm³/mol. The third-order valence-electron chi connectivity index (χ3n) is 4.80. The summed E-state index contributed by atoms with van der Waals surface area (Å²) in [7, 11) is 1.55. The zero-order valence-corrected chi connectivity index (χ0v) is 14.9. The van der Waals surface area contributed by atoms with E-state index in [1.165, 1.54) is 0 Å². The Kier molecular flexibility index (Phi) is 4.77. The molecule has 1 aliphatic rings. The van der Waals surface area contributed by atoms with E-state index in [2.05, 4.69) is 15.3 Å². The average molecular weight is 369 g/mol. The first kappa shape index (κ1) is 17.5. The highest BCUT2D eigenvalue weighted by Crippen LogP contribution is 2.35. The lowest BCUT2D eigenvalue weighted by molar-refractivity contribution is 0.0708. The standard InChI is InChI=1S/C20H20FN3O3/c1-26-19-8-12(2-3-18(19)27-17-5-7-23-11-16(17)21)14-10-24-20(25)15-9-22-6-4-13(14)15/h2-4,6,8-10,16-17,23H,5,7,11H2,1H3,(H,24,25)/t16-,17-/m0/s1. The summed E-state index contributed by atoms with van der Waals surface area (Å²) in [4.78, 5) is 18.8. The number of pyridine rings is 2. The number of rotatable bonds is 4. The molecule has 0 aliphatic carbocycles. The van der Waals surface area contributed by atoms with Gasteiger partial charge in [0, 0.05) is 30.7 Å². The normalized spacial score (nSPS) is 19.8. The van der Waals surface area contributed by atoms with Crippen molar-refractivity contribution >= 4 is 10.8 Å². The first-order valence-corrected chi connectivity index (χ1v) is 8.82. The Labute approximate surface area is 155 Å². The Morgan fingerprint density at radius 1 is 1.22 bits per heavy atom. The number of hydrogen-bond acceptors (Lipinski definition) is 5. The van der Waals surface area contributed by atoms with E-state index in [1.54, 1.807) is 37.8 Å². The van der Waals surface area contributed by atoms with Crippen molar-refractivity contribution in [2.45, 2.75) is 18.7 Å². The van der Waals surface area contributed by atoms with E-state index in [1.807, 2.05) is 12.1 Å². The minimum atomic E-state index is -1.06. The van der Waals surface area contributed by atoms with E-state index in [0.29, 0.717) is 29.9 Å². The van der Waals surface area contributed by atoms with Gasteiger partial charge in [-0.15, -0.1) is 0 Å². The number of aromatic nitrogens is 2. The predicted octanol–water partition coefficient (Wildman–Crippen LogP) is 2.68. The van der Waals surface area contributed by atoms with Crippen molar-refractivity contribution in [1.82, 2.24) is 15.3 Å². The van der Waals surface area contributed by atoms with Crippen molar-refractivity contribution in [3.05, 3.63) is 53.2 Å². The molecule has 4 rings (SSSR count). The van der Waals surface area contributed by atoms with Crippen molar-refractivity contribution in [3.63, 3.8) is 0 Å². The summed E-state index contributed by atoms with van der Waals surface area (Å²) in [6.45, 7) is 1.02. The third kappa shape index (κ3) is 3.38. The average Bonchev–Trinajstić information content (AvgIpc) is 2.70. The summed E-state index contributed by atoms with van der Waals surface area (Å²) in [6.07, 6.45) is 3.92.